The van der Waals surface area contributed by atoms with Crippen LogP contribution in [0.15, 0.2) is 42.7 Å². The number of aliphatic hydroxyl groups excluding tert-OH is 1. The van der Waals surface area contributed by atoms with Crippen LogP contribution in [0.1, 0.15) is 28.1 Å². The number of aromatic nitrogens is 3. The number of ether oxygens (including phenoxy) is 1. The minimum absolute atomic E-state index is 0.121. The normalized spacial score (nSPS) is 16.4. The number of methoxy groups -OCH3 is 1. The second-order valence-electron chi connectivity index (χ2n) is 10.1. The molecular weight excluding hydrogens is 513 g/mol. The number of hydrogen-bond donors (Lipinski definition) is 3. The summed E-state index contributed by atoms with van der Waals surface area (Å²) in [4.78, 5) is 30.6. The van der Waals surface area contributed by atoms with Crippen molar-refractivity contribution < 1.29 is 19.0 Å². The van der Waals surface area contributed by atoms with Gasteiger partial charge in [-0.05, 0) is 49.2 Å². The van der Waals surface area contributed by atoms with E-state index in [2.05, 4.69) is 42.4 Å². The van der Waals surface area contributed by atoms with E-state index >= 15 is 4.39 Å². The molecule has 1 aromatic carbocycles. The van der Waals surface area contributed by atoms with Crippen LogP contribution in [-0.2, 0) is 22.6 Å². The van der Waals surface area contributed by atoms with Gasteiger partial charge in [0.1, 0.15) is 11.7 Å². The van der Waals surface area contributed by atoms with Gasteiger partial charge in [-0.2, -0.15) is 0 Å². The van der Waals surface area contributed by atoms with Gasteiger partial charge in [0.05, 0.1) is 37.0 Å². The molecular formula is C29H34FN7O3. The molecule has 1 fully saturated rings. The second kappa shape index (κ2) is 12.2. The molecule has 0 bridgehead atoms. The lowest BCUT2D eigenvalue weighted by Crippen LogP contribution is -2.54. The van der Waals surface area contributed by atoms with Gasteiger partial charge in [0.2, 0.25) is 11.9 Å². The number of piperazine rings is 1. The highest BCUT2D eigenvalue weighted by Crippen LogP contribution is 2.37. The maximum Gasteiger partial charge on any atom is 0.244 e. The molecule has 1 atom stereocenters. The summed E-state index contributed by atoms with van der Waals surface area (Å²) in [5.74, 6) is -0.439. The minimum Gasteiger partial charge on any atom is -0.390 e. The topological polar surface area (TPSA) is 116 Å². The van der Waals surface area contributed by atoms with Crippen LogP contribution in [0.2, 0.25) is 0 Å². The predicted molar refractivity (Wildman–Crippen MR) is 151 cm³/mol. The first-order chi connectivity index (χ1) is 19.4. The van der Waals surface area contributed by atoms with E-state index in [0.29, 0.717) is 35.7 Å². The van der Waals surface area contributed by atoms with Gasteiger partial charge in [0.25, 0.3) is 0 Å². The van der Waals surface area contributed by atoms with Crippen molar-refractivity contribution in [3.05, 3.63) is 76.6 Å². The number of benzene rings is 1. The third-order valence-electron chi connectivity index (χ3n) is 7.43. The van der Waals surface area contributed by atoms with Crippen molar-refractivity contribution >= 4 is 28.8 Å². The number of rotatable bonds is 9. The van der Waals surface area contributed by atoms with E-state index in [1.165, 1.54) is 0 Å². The zero-order chi connectivity index (χ0) is 28.2. The van der Waals surface area contributed by atoms with E-state index < -0.39 is 11.9 Å². The molecule has 3 N–H and O–H groups in total. The number of aliphatic hydroxyl groups is 1. The number of carbonyl (C=O) groups excluding carboxylic acids is 1. The minimum atomic E-state index is -0.542. The smallest absolute Gasteiger partial charge is 0.244 e. The Kier molecular flexibility index (Phi) is 8.46. The van der Waals surface area contributed by atoms with Crippen molar-refractivity contribution in [1.82, 2.24) is 24.8 Å². The molecule has 11 heteroatoms. The summed E-state index contributed by atoms with van der Waals surface area (Å²) in [7, 11) is 3.68. The molecule has 0 radical (unpaired) electrons. The highest BCUT2D eigenvalue weighted by atomic mass is 19.1. The number of amides is 1. The lowest BCUT2D eigenvalue weighted by atomic mass is 10.0. The summed E-state index contributed by atoms with van der Waals surface area (Å²) >= 11 is 0. The molecule has 210 valence electrons. The third-order valence-corrected chi connectivity index (χ3v) is 7.43. The molecule has 3 heterocycles. The molecule has 40 heavy (non-hydrogen) atoms. The molecule has 1 amide bonds. The number of pyridine rings is 1. The number of likely N-dealkylation sites (N-methyl/N-ethyl adjacent to an activating group) is 1. The number of halogens is 1. The Morgan fingerprint density at radius 2 is 2.00 bits per heavy atom. The first-order valence-corrected chi connectivity index (χ1v) is 13.3. The maximum absolute atomic E-state index is 15.0. The molecule has 3 aromatic rings. The van der Waals surface area contributed by atoms with Crippen molar-refractivity contribution in [2.45, 2.75) is 26.0 Å². The summed E-state index contributed by atoms with van der Waals surface area (Å²) in [5, 5.41) is 15.5. The van der Waals surface area contributed by atoms with E-state index in [4.69, 9.17) is 4.74 Å². The number of nitrogens with one attached hydrogen (secondary N) is 2. The first-order valence-electron chi connectivity index (χ1n) is 13.3. The number of anilines is 3. The lowest BCUT2D eigenvalue weighted by molar-refractivity contribution is -0.124. The standard InChI is InChI=1S/C29H34FN7O3/c1-18-13-19(14-31-25(18)16-38)33-29-32-15-23(30)27(35-29)22-8-7-21-20(22)5-4-6-24(21)34-28(39)26(17-40-3)37-11-9-36(2)10-12-37/h4-6,8,13-15,26,38H,7,9-12,16-17H2,1-3H3,(H,34,39)(H,32,33,35)/t26-/m1/s1. The average molecular weight is 548 g/mol. The quantitative estimate of drug-likeness (QED) is 0.372. The van der Waals surface area contributed by atoms with Gasteiger partial charge >= 0.3 is 0 Å². The highest BCUT2D eigenvalue weighted by molar-refractivity contribution is 5.97. The van der Waals surface area contributed by atoms with Gasteiger partial charge in [-0.1, -0.05) is 18.2 Å². The summed E-state index contributed by atoms with van der Waals surface area (Å²) in [6.45, 7) is 5.37. The fraction of sp³-hybridized carbons (Fsp3) is 0.379. The van der Waals surface area contributed by atoms with E-state index in [9.17, 15) is 9.90 Å². The van der Waals surface area contributed by atoms with Crippen LogP contribution in [0.4, 0.5) is 21.7 Å². The van der Waals surface area contributed by atoms with Gasteiger partial charge in [0.15, 0.2) is 5.82 Å². The summed E-state index contributed by atoms with van der Waals surface area (Å²) < 4.78 is 20.4. The van der Waals surface area contributed by atoms with E-state index in [0.717, 1.165) is 49.1 Å². The molecule has 0 unspecified atom stereocenters. The maximum atomic E-state index is 15.0. The second-order valence-corrected chi connectivity index (χ2v) is 10.1. The molecule has 2 aliphatic rings. The molecule has 5 rings (SSSR count). The van der Waals surface area contributed by atoms with Crippen molar-refractivity contribution in [1.29, 1.82) is 0 Å². The third kappa shape index (κ3) is 5.87. The van der Waals surface area contributed by atoms with Crippen LogP contribution in [0, 0.1) is 12.7 Å². The summed E-state index contributed by atoms with van der Waals surface area (Å²) in [5.41, 5.74) is 5.27. The summed E-state index contributed by atoms with van der Waals surface area (Å²) in [6, 6.07) is 7.05. The molecule has 1 saturated heterocycles. The van der Waals surface area contributed by atoms with Crippen molar-refractivity contribution in [3.63, 3.8) is 0 Å². The number of allylic oxidation sites excluding steroid dienone is 1. The molecule has 1 aliphatic carbocycles. The average Bonchev–Trinajstić information content (AvgIpc) is 3.38. The Morgan fingerprint density at radius 3 is 2.73 bits per heavy atom. The van der Waals surface area contributed by atoms with Crippen LogP contribution < -0.4 is 10.6 Å². The zero-order valence-electron chi connectivity index (χ0n) is 22.9. The van der Waals surface area contributed by atoms with Crippen molar-refractivity contribution in [2.24, 2.45) is 0 Å². The zero-order valence-corrected chi connectivity index (χ0v) is 22.9. The number of hydrogen-bond acceptors (Lipinski definition) is 9. The van der Waals surface area contributed by atoms with Crippen LogP contribution in [0.25, 0.3) is 5.57 Å². The summed E-state index contributed by atoms with van der Waals surface area (Å²) in [6.07, 6.45) is 5.17. The van der Waals surface area contributed by atoms with Crippen molar-refractivity contribution in [3.8, 4) is 0 Å². The molecule has 0 spiro atoms. The van der Waals surface area contributed by atoms with Gasteiger partial charge in [0, 0.05) is 44.5 Å². The Hall–Kier alpha value is -3.77. The number of carbonyl (C=O) groups is 1. The fourth-order valence-corrected chi connectivity index (χ4v) is 5.15. The fourth-order valence-electron chi connectivity index (χ4n) is 5.15. The SMILES string of the molecule is COC[C@H](C(=O)Nc1cccc2c1CC=C2c1nc(Nc2cnc(CO)c(C)c2)ncc1F)N1CCN(C)CC1. The molecule has 1 aliphatic heterocycles. The molecule has 0 saturated carbocycles. The van der Waals surface area contributed by atoms with Crippen LogP contribution in [0.3, 0.4) is 0 Å². The van der Waals surface area contributed by atoms with Crippen LogP contribution >= 0.6 is 0 Å². The lowest BCUT2D eigenvalue weighted by Gasteiger charge is -2.36. The van der Waals surface area contributed by atoms with Crippen LogP contribution in [-0.4, -0.2) is 88.8 Å². The highest BCUT2D eigenvalue weighted by Gasteiger charge is 2.30. The van der Waals surface area contributed by atoms with E-state index in [1.807, 2.05) is 37.3 Å². The predicted octanol–water partition coefficient (Wildman–Crippen LogP) is 2.74. The van der Waals surface area contributed by atoms with Crippen molar-refractivity contribution in [2.75, 3.05) is 57.6 Å². The van der Waals surface area contributed by atoms with Gasteiger partial charge in [-0.3, -0.25) is 14.7 Å². The Balaban J connectivity index is 1.36. The Bertz CT molecular complexity index is 1420. The Labute approximate surface area is 232 Å². The van der Waals surface area contributed by atoms with Gasteiger partial charge in [-0.25, -0.2) is 14.4 Å². The van der Waals surface area contributed by atoms with Gasteiger partial charge in [-0.15, -0.1) is 0 Å². The largest absolute Gasteiger partial charge is 0.390 e. The van der Waals surface area contributed by atoms with E-state index in [1.54, 1.807) is 13.3 Å². The monoisotopic (exact) mass is 547 g/mol. The number of fused-ring (bicyclic) bond motifs is 1. The number of aryl methyl sites for hydroxylation is 1. The van der Waals surface area contributed by atoms with Gasteiger partial charge < -0.3 is 25.4 Å². The molecule has 10 nitrogen and oxygen atoms in total. The molecule has 2 aromatic heterocycles. The Morgan fingerprint density at radius 1 is 1.20 bits per heavy atom. The number of nitrogens with zero attached hydrogens (tertiary/aromatic N) is 5. The van der Waals surface area contributed by atoms with E-state index in [-0.39, 0.29) is 24.2 Å². The van der Waals surface area contributed by atoms with Crippen LogP contribution in [0.5, 0.6) is 0 Å². The first kappa shape index (κ1) is 27.8.